The van der Waals surface area contributed by atoms with Crippen LogP contribution in [0.5, 0.6) is 5.75 Å². The van der Waals surface area contributed by atoms with Gasteiger partial charge in [-0.05, 0) is 42.9 Å². The molecule has 1 aliphatic heterocycles. The molecule has 0 N–H and O–H groups in total. The van der Waals surface area contributed by atoms with Crippen molar-refractivity contribution in [3.8, 4) is 5.75 Å². The van der Waals surface area contributed by atoms with Crippen molar-refractivity contribution in [1.29, 1.82) is 0 Å². The second-order valence-corrected chi connectivity index (χ2v) is 4.84. The van der Waals surface area contributed by atoms with Gasteiger partial charge in [0.15, 0.2) is 0 Å². The number of methoxy groups -OCH3 is 1. The Balaban J connectivity index is 2.30. The van der Waals surface area contributed by atoms with E-state index in [0.29, 0.717) is 5.92 Å². The SMILES string of the molecule is COc1ccc(C(C)C)cc1C1CC[CH]CO1. The van der Waals surface area contributed by atoms with Crippen molar-refractivity contribution >= 4 is 0 Å². The average Bonchev–Trinajstić information content (AvgIpc) is 2.39. The van der Waals surface area contributed by atoms with Crippen LogP contribution < -0.4 is 4.74 Å². The second-order valence-electron chi connectivity index (χ2n) is 4.84. The Morgan fingerprint density at radius 3 is 2.76 bits per heavy atom. The molecule has 0 saturated carbocycles. The third kappa shape index (κ3) is 2.81. The first-order valence-electron chi connectivity index (χ1n) is 6.33. The van der Waals surface area contributed by atoms with Crippen LogP contribution in [-0.4, -0.2) is 13.7 Å². The van der Waals surface area contributed by atoms with E-state index >= 15 is 0 Å². The number of rotatable bonds is 3. The molecule has 1 aromatic carbocycles. The maximum absolute atomic E-state index is 5.81. The van der Waals surface area contributed by atoms with Crippen molar-refractivity contribution in [3.63, 3.8) is 0 Å². The van der Waals surface area contributed by atoms with Crippen molar-refractivity contribution in [3.05, 3.63) is 35.7 Å². The quantitative estimate of drug-likeness (QED) is 0.789. The summed E-state index contributed by atoms with van der Waals surface area (Å²) < 4.78 is 11.2. The summed E-state index contributed by atoms with van der Waals surface area (Å²) in [5, 5.41) is 0. The molecule has 1 fully saturated rings. The summed E-state index contributed by atoms with van der Waals surface area (Å²) in [7, 11) is 1.73. The Morgan fingerprint density at radius 2 is 2.18 bits per heavy atom. The molecular weight excluding hydrogens is 212 g/mol. The Kier molecular flexibility index (Phi) is 4.06. The van der Waals surface area contributed by atoms with Crippen LogP contribution in [0.3, 0.4) is 0 Å². The van der Waals surface area contributed by atoms with Crippen molar-refractivity contribution < 1.29 is 9.47 Å². The van der Waals surface area contributed by atoms with Gasteiger partial charge in [0.05, 0.1) is 19.8 Å². The summed E-state index contributed by atoms with van der Waals surface area (Å²) >= 11 is 0. The zero-order valence-corrected chi connectivity index (χ0v) is 10.9. The molecule has 0 bridgehead atoms. The lowest BCUT2D eigenvalue weighted by atomic mass is 9.95. The van der Waals surface area contributed by atoms with Gasteiger partial charge in [-0.3, -0.25) is 0 Å². The third-order valence-electron chi connectivity index (χ3n) is 3.32. The smallest absolute Gasteiger partial charge is 0.124 e. The average molecular weight is 233 g/mol. The van der Waals surface area contributed by atoms with Crippen LogP contribution in [0.25, 0.3) is 0 Å². The van der Waals surface area contributed by atoms with Crippen LogP contribution in [0, 0.1) is 6.42 Å². The highest BCUT2D eigenvalue weighted by Crippen LogP contribution is 2.35. The van der Waals surface area contributed by atoms with E-state index in [-0.39, 0.29) is 6.10 Å². The first-order chi connectivity index (χ1) is 8.22. The summed E-state index contributed by atoms with van der Waals surface area (Å²) in [5.74, 6) is 1.48. The monoisotopic (exact) mass is 233 g/mol. The van der Waals surface area contributed by atoms with Gasteiger partial charge in [-0.1, -0.05) is 19.9 Å². The van der Waals surface area contributed by atoms with Crippen molar-refractivity contribution in [2.75, 3.05) is 13.7 Å². The van der Waals surface area contributed by atoms with Gasteiger partial charge in [0.25, 0.3) is 0 Å². The van der Waals surface area contributed by atoms with Crippen LogP contribution in [0.4, 0.5) is 0 Å². The molecule has 1 heterocycles. The summed E-state index contributed by atoms with van der Waals surface area (Å²) in [4.78, 5) is 0. The van der Waals surface area contributed by atoms with E-state index in [1.165, 1.54) is 11.1 Å². The van der Waals surface area contributed by atoms with Gasteiger partial charge in [-0.2, -0.15) is 0 Å². The normalized spacial score (nSPS) is 20.6. The molecule has 1 atom stereocenters. The Morgan fingerprint density at radius 1 is 1.35 bits per heavy atom. The fraction of sp³-hybridized carbons (Fsp3) is 0.533. The van der Waals surface area contributed by atoms with E-state index in [9.17, 15) is 0 Å². The van der Waals surface area contributed by atoms with Gasteiger partial charge in [0.1, 0.15) is 5.75 Å². The molecule has 1 aliphatic rings. The van der Waals surface area contributed by atoms with Gasteiger partial charge in [0, 0.05) is 5.56 Å². The molecule has 2 rings (SSSR count). The standard InChI is InChI=1S/C15H21O2/c1-11(2)12-7-8-14(16-3)13(10-12)15-6-4-5-9-17-15/h5,7-8,10-11,15H,4,6,9H2,1-3H3. The van der Waals surface area contributed by atoms with Crippen LogP contribution in [0.1, 0.15) is 49.8 Å². The van der Waals surface area contributed by atoms with E-state index in [0.717, 1.165) is 25.2 Å². The number of ether oxygens (including phenoxy) is 2. The maximum atomic E-state index is 5.81. The third-order valence-corrected chi connectivity index (χ3v) is 3.32. The Hall–Kier alpha value is -1.02. The van der Waals surface area contributed by atoms with Crippen LogP contribution in [0.2, 0.25) is 0 Å². The molecular formula is C15H21O2. The highest BCUT2D eigenvalue weighted by atomic mass is 16.5. The lowest BCUT2D eigenvalue weighted by Crippen LogP contribution is -2.13. The van der Waals surface area contributed by atoms with Crippen molar-refractivity contribution in [2.24, 2.45) is 0 Å². The highest BCUT2D eigenvalue weighted by molar-refractivity contribution is 5.40. The lowest BCUT2D eigenvalue weighted by molar-refractivity contribution is 0.0375. The summed E-state index contributed by atoms with van der Waals surface area (Å²) in [6.45, 7) is 5.17. The zero-order chi connectivity index (χ0) is 12.3. The lowest BCUT2D eigenvalue weighted by Gasteiger charge is -2.25. The van der Waals surface area contributed by atoms with Gasteiger partial charge >= 0.3 is 0 Å². The van der Waals surface area contributed by atoms with E-state index in [1.54, 1.807) is 7.11 Å². The Labute approximate surface area is 104 Å². The summed E-state index contributed by atoms with van der Waals surface area (Å²) in [6.07, 6.45) is 4.56. The van der Waals surface area contributed by atoms with Crippen LogP contribution >= 0.6 is 0 Å². The van der Waals surface area contributed by atoms with E-state index in [1.807, 2.05) is 0 Å². The molecule has 1 unspecified atom stereocenters. The molecule has 2 nitrogen and oxygen atoms in total. The maximum Gasteiger partial charge on any atom is 0.124 e. The number of hydrogen-bond acceptors (Lipinski definition) is 2. The van der Waals surface area contributed by atoms with Crippen molar-refractivity contribution in [2.45, 2.75) is 38.7 Å². The Bertz CT molecular complexity index is 365. The first-order valence-corrected chi connectivity index (χ1v) is 6.33. The second kappa shape index (κ2) is 5.54. The molecule has 1 radical (unpaired) electrons. The van der Waals surface area contributed by atoms with Gasteiger partial charge in [-0.15, -0.1) is 0 Å². The predicted octanol–water partition coefficient (Wildman–Crippen LogP) is 3.87. The van der Waals surface area contributed by atoms with Crippen molar-refractivity contribution in [1.82, 2.24) is 0 Å². The fourth-order valence-corrected chi connectivity index (χ4v) is 2.23. The predicted molar refractivity (Wildman–Crippen MR) is 69.3 cm³/mol. The summed E-state index contributed by atoms with van der Waals surface area (Å²) in [6, 6.07) is 6.44. The minimum atomic E-state index is 0.189. The molecule has 1 aromatic rings. The highest BCUT2D eigenvalue weighted by Gasteiger charge is 2.20. The van der Waals surface area contributed by atoms with Crippen LogP contribution in [-0.2, 0) is 4.74 Å². The molecule has 0 aliphatic carbocycles. The fourth-order valence-electron chi connectivity index (χ4n) is 2.23. The minimum absolute atomic E-state index is 0.189. The topological polar surface area (TPSA) is 18.5 Å². The molecule has 0 spiro atoms. The first kappa shape index (κ1) is 12.4. The summed E-state index contributed by atoms with van der Waals surface area (Å²) in [5.41, 5.74) is 2.55. The molecule has 1 saturated heterocycles. The van der Waals surface area contributed by atoms with E-state index < -0.39 is 0 Å². The molecule has 2 heteroatoms. The van der Waals surface area contributed by atoms with Crippen LogP contribution in [0.15, 0.2) is 18.2 Å². The molecule has 0 amide bonds. The van der Waals surface area contributed by atoms with Gasteiger partial charge in [0.2, 0.25) is 0 Å². The minimum Gasteiger partial charge on any atom is -0.496 e. The number of benzene rings is 1. The van der Waals surface area contributed by atoms with E-state index in [2.05, 4.69) is 38.5 Å². The number of hydrogen-bond donors (Lipinski definition) is 0. The van der Waals surface area contributed by atoms with Gasteiger partial charge in [-0.25, -0.2) is 0 Å². The molecule has 17 heavy (non-hydrogen) atoms. The van der Waals surface area contributed by atoms with Gasteiger partial charge < -0.3 is 9.47 Å². The molecule has 0 aromatic heterocycles. The van der Waals surface area contributed by atoms with E-state index in [4.69, 9.17) is 9.47 Å². The zero-order valence-electron chi connectivity index (χ0n) is 10.9. The molecule has 93 valence electrons. The largest absolute Gasteiger partial charge is 0.496 e.